The Morgan fingerprint density at radius 2 is 1.60 bits per heavy atom. The molecule has 3 unspecified atom stereocenters. The van der Waals surface area contributed by atoms with Crippen molar-refractivity contribution in [3.8, 4) is 11.5 Å². The summed E-state index contributed by atoms with van der Waals surface area (Å²) in [5, 5.41) is 12.3. The third-order valence-electron chi connectivity index (χ3n) is 7.67. The Balaban J connectivity index is 1.33. The zero-order valence-corrected chi connectivity index (χ0v) is 23.4. The molecule has 8 heteroatoms. The lowest BCUT2D eigenvalue weighted by Gasteiger charge is -2.39. The number of hydrogen-bond acceptors (Lipinski definition) is 7. The van der Waals surface area contributed by atoms with Crippen LogP contribution in [0.25, 0.3) is 0 Å². The van der Waals surface area contributed by atoms with Crippen LogP contribution in [-0.2, 0) is 40.4 Å². The first kappa shape index (κ1) is 28.1. The Morgan fingerprint density at radius 1 is 0.950 bits per heavy atom. The van der Waals surface area contributed by atoms with Crippen LogP contribution in [0.2, 0.25) is 0 Å². The van der Waals surface area contributed by atoms with Crippen LogP contribution < -0.4 is 14.8 Å². The van der Waals surface area contributed by atoms with E-state index in [0.29, 0.717) is 6.54 Å². The first-order valence-electron chi connectivity index (χ1n) is 13.8. The molecule has 5 rings (SSSR count). The predicted octanol–water partition coefficient (Wildman–Crippen LogP) is 4.44. The largest absolute Gasteiger partial charge is 0.493 e. The van der Waals surface area contributed by atoms with Gasteiger partial charge in [0.05, 0.1) is 33.0 Å². The van der Waals surface area contributed by atoms with Crippen LogP contribution in [0.3, 0.4) is 0 Å². The van der Waals surface area contributed by atoms with E-state index < -0.39 is 6.29 Å². The molecule has 2 aliphatic rings. The Labute approximate surface area is 235 Å². The smallest absolute Gasteiger partial charge is 0.217 e. The standard InChI is InChI=1S/C32H38N2O6/c1-21(36)33-17-22-4-10-25(11-5-22)32-39-28(16-29(40-32)24-8-6-23(20-35)7-9-24)19-34-13-12-26-14-30(37-2)31(38-3)15-27(26)18-34/h4-11,14-15,28-29,32,35H,12-13,16-20H2,1-3H3,(H,33,36). The summed E-state index contributed by atoms with van der Waals surface area (Å²) in [6.07, 6.45) is 0.964. The molecule has 212 valence electrons. The molecule has 3 aromatic carbocycles. The van der Waals surface area contributed by atoms with Crippen molar-refractivity contribution < 1.29 is 28.8 Å². The molecule has 0 aliphatic carbocycles. The molecule has 0 saturated carbocycles. The molecule has 2 heterocycles. The SMILES string of the molecule is COc1cc2c(cc1OC)CN(CC1CC(c3ccc(CO)cc3)OC(c3ccc(CNC(C)=O)cc3)O1)CC2. The highest BCUT2D eigenvalue weighted by molar-refractivity contribution is 5.72. The monoisotopic (exact) mass is 546 g/mol. The third kappa shape index (κ3) is 6.64. The maximum atomic E-state index is 11.3. The van der Waals surface area contributed by atoms with Gasteiger partial charge in [-0.1, -0.05) is 48.5 Å². The van der Waals surface area contributed by atoms with Gasteiger partial charge in [0.15, 0.2) is 17.8 Å². The summed E-state index contributed by atoms with van der Waals surface area (Å²) < 4.78 is 24.1. The van der Waals surface area contributed by atoms with Gasteiger partial charge in [0.2, 0.25) is 5.91 Å². The minimum atomic E-state index is -0.516. The number of aliphatic hydroxyl groups is 1. The third-order valence-corrected chi connectivity index (χ3v) is 7.67. The molecule has 3 atom stereocenters. The number of benzene rings is 3. The van der Waals surface area contributed by atoms with Crippen LogP contribution in [0.4, 0.5) is 0 Å². The Kier molecular flexibility index (Phi) is 9.01. The number of nitrogens with one attached hydrogen (secondary N) is 1. The van der Waals surface area contributed by atoms with Crippen LogP contribution in [-0.4, -0.2) is 49.3 Å². The molecular formula is C32H38N2O6. The van der Waals surface area contributed by atoms with E-state index in [1.165, 1.54) is 18.1 Å². The van der Waals surface area contributed by atoms with Crippen molar-refractivity contribution in [3.63, 3.8) is 0 Å². The summed E-state index contributed by atoms with van der Waals surface area (Å²) >= 11 is 0. The number of hydrogen-bond donors (Lipinski definition) is 2. The normalized spacial score (nSPS) is 20.9. The summed E-state index contributed by atoms with van der Waals surface area (Å²) in [6, 6.07) is 20.1. The molecule has 0 radical (unpaired) electrons. The average molecular weight is 547 g/mol. The fourth-order valence-corrected chi connectivity index (χ4v) is 5.44. The molecule has 0 bridgehead atoms. The van der Waals surface area contributed by atoms with E-state index in [2.05, 4.69) is 22.3 Å². The zero-order valence-electron chi connectivity index (χ0n) is 23.4. The molecule has 40 heavy (non-hydrogen) atoms. The van der Waals surface area contributed by atoms with E-state index in [4.69, 9.17) is 18.9 Å². The van der Waals surface area contributed by atoms with Crippen molar-refractivity contribution in [2.24, 2.45) is 0 Å². The highest BCUT2D eigenvalue weighted by Gasteiger charge is 2.34. The van der Waals surface area contributed by atoms with Crippen molar-refractivity contribution in [1.29, 1.82) is 0 Å². The van der Waals surface area contributed by atoms with E-state index in [0.717, 1.165) is 66.2 Å². The minimum absolute atomic E-state index is 0.0120. The van der Waals surface area contributed by atoms with Gasteiger partial charge >= 0.3 is 0 Å². The summed E-state index contributed by atoms with van der Waals surface area (Å²) in [7, 11) is 3.34. The number of methoxy groups -OCH3 is 2. The number of fused-ring (bicyclic) bond motifs is 1. The fourth-order valence-electron chi connectivity index (χ4n) is 5.44. The second-order valence-corrected chi connectivity index (χ2v) is 10.5. The van der Waals surface area contributed by atoms with Crippen LogP contribution in [0, 0.1) is 0 Å². The Hall–Kier alpha value is -3.43. The number of amides is 1. The molecule has 0 spiro atoms. The molecule has 8 nitrogen and oxygen atoms in total. The Bertz CT molecular complexity index is 1290. The maximum Gasteiger partial charge on any atom is 0.217 e. The van der Waals surface area contributed by atoms with E-state index in [-0.39, 0.29) is 24.7 Å². The van der Waals surface area contributed by atoms with Gasteiger partial charge in [-0.05, 0) is 46.4 Å². The summed E-state index contributed by atoms with van der Waals surface area (Å²) in [6.45, 7) is 4.53. The topological polar surface area (TPSA) is 89.5 Å². The number of carbonyl (C=O) groups is 1. The van der Waals surface area contributed by atoms with Crippen molar-refractivity contribution in [2.75, 3.05) is 27.3 Å². The van der Waals surface area contributed by atoms with Gasteiger partial charge in [-0.2, -0.15) is 0 Å². The van der Waals surface area contributed by atoms with E-state index in [9.17, 15) is 9.90 Å². The van der Waals surface area contributed by atoms with Crippen LogP contribution in [0.5, 0.6) is 11.5 Å². The number of carbonyl (C=O) groups excluding carboxylic acids is 1. The first-order valence-corrected chi connectivity index (χ1v) is 13.8. The highest BCUT2D eigenvalue weighted by Crippen LogP contribution is 2.39. The predicted molar refractivity (Wildman–Crippen MR) is 151 cm³/mol. The summed E-state index contributed by atoms with van der Waals surface area (Å²) in [4.78, 5) is 13.7. The van der Waals surface area contributed by atoms with E-state index in [1.807, 2.05) is 48.5 Å². The molecule has 1 amide bonds. The van der Waals surface area contributed by atoms with Crippen LogP contribution >= 0.6 is 0 Å². The zero-order chi connectivity index (χ0) is 28.1. The number of ether oxygens (including phenoxy) is 4. The van der Waals surface area contributed by atoms with Crippen molar-refractivity contribution in [3.05, 3.63) is 94.0 Å². The van der Waals surface area contributed by atoms with Gasteiger partial charge in [-0.3, -0.25) is 9.69 Å². The van der Waals surface area contributed by atoms with Crippen LogP contribution in [0.15, 0.2) is 60.7 Å². The van der Waals surface area contributed by atoms with Gasteiger partial charge in [0, 0.05) is 45.1 Å². The first-order chi connectivity index (χ1) is 19.4. The van der Waals surface area contributed by atoms with Crippen molar-refractivity contribution >= 4 is 5.91 Å². The van der Waals surface area contributed by atoms with E-state index >= 15 is 0 Å². The maximum absolute atomic E-state index is 11.3. The summed E-state index contributed by atoms with van der Waals surface area (Å²) in [5.74, 6) is 1.46. The fraction of sp³-hybridized carbons (Fsp3) is 0.406. The molecule has 1 fully saturated rings. The van der Waals surface area contributed by atoms with Gasteiger partial charge in [0.1, 0.15) is 0 Å². The minimum Gasteiger partial charge on any atom is -0.493 e. The van der Waals surface area contributed by atoms with E-state index in [1.54, 1.807) is 14.2 Å². The number of rotatable bonds is 9. The van der Waals surface area contributed by atoms with Gasteiger partial charge in [0.25, 0.3) is 0 Å². The molecule has 2 N–H and O–H groups in total. The van der Waals surface area contributed by atoms with Crippen molar-refractivity contribution in [2.45, 2.75) is 58.0 Å². The number of nitrogens with zero attached hydrogens (tertiary/aromatic N) is 1. The lowest BCUT2D eigenvalue weighted by Crippen LogP contribution is -2.41. The van der Waals surface area contributed by atoms with Crippen LogP contribution in [0.1, 0.15) is 59.1 Å². The highest BCUT2D eigenvalue weighted by atomic mass is 16.7. The molecule has 0 aromatic heterocycles. The lowest BCUT2D eigenvalue weighted by atomic mass is 9.97. The molecule has 1 saturated heterocycles. The van der Waals surface area contributed by atoms with Gasteiger partial charge in [-0.15, -0.1) is 0 Å². The molecule has 2 aliphatic heterocycles. The number of aliphatic hydroxyl groups excluding tert-OH is 1. The Morgan fingerprint density at radius 3 is 2.25 bits per heavy atom. The quantitative estimate of drug-likeness (QED) is 0.410. The van der Waals surface area contributed by atoms with Gasteiger partial charge in [-0.25, -0.2) is 0 Å². The second kappa shape index (κ2) is 12.8. The molecular weight excluding hydrogens is 508 g/mol. The van der Waals surface area contributed by atoms with Crippen molar-refractivity contribution in [1.82, 2.24) is 10.2 Å². The lowest BCUT2D eigenvalue weighted by molar-refractivity contribution is -0.253. The summed E-state index contributed by atoms with van der Waals surface area (Å²) in [5.41, 5.74) is 6.44. The molecule has 3 aromatic rings. The van der Waals surface area contributed by atoms with Gasteiger partial charge < -0.3 is 29.4 Å². The second-order valence-electron chi connectivity index (χ2n) is 10.5. The average Bonchev–Trinajstić information content (AvgIpc) is 2.99.